The van der Waals surface area contributed by atoms with Crippen LogP contribution in [0.25, 0.3) is 11.3 Å². The number of esters is 1. The maximum Gasteiger partial charge on any atom is 0.337 e. The van der Waals surface area contributed by atoms with Gasteiger partial charge in [0.1, 0.15) is 0 Å². The van der Waals surface area contributed by atoms with Crippen molar-refractivity contribution in [3.63, 3.8) is 0 Å². The van der Waals surface area contributed by atoms with Crippen LogP contribution in [0.15, 0.2) is 65.7 Å². The van der Waals surface area contributed by atoms with Gasteiger partial charge in [-0.05, 0) is 54.4 Å². The van der Waals surface area contributed by atoms with Gasteiger partial charge in [-0.2, -0.15) is 0 Å². The van der Waals surface area contributed by atoms with E-state index in [4.69, 9.17) is 10.5 Å². The Morgan fingerprint density at radius 2 is 1.81 bits per heavy atom. The van der Waals surface area contributed by atoms with Gasteiger partial charge in [0, 0.05) is 17.3 Å². The molecule has 0 saturated heterocycles. The van der Waals surface area contributed by atoms with Crippen LogP contribution in [0.2, 0.25) is 0 Å². The lowest BCUT2D eigenvalue weighted by Gasteiger charge is -2.16. The minimum Gasteiger partial charge on any atom is -0.465 e. The smallest absolute Gasteiger partial charge is 0.337 e. The van der Waals surface area contributed by atoms with E-state index in [1.807, 2.05) is 0 Å². The number of nitrogens with zero attached hydrogens (tertiary/aromatic N) is 1. The third-order valence-corrected chi connectivity index (χ3v) is 6.10. The molecule has 3 rings (SSSR count). The number of sulfonamides is 1. The van der Waals surface area contributed by atoms with Crippen molar-refractivity contribution in [1.29, 1.82) is 0 Å². The molecule has 2 aromatic carbocycles. The number of nitrogens with two attached hydrogens (primary N) is 1. The van der Waals surface area contributed by atoms with E-state index in [0.717, 1.165) is 0 Å². The summed E-state index contributed by atoms with van der Waals surface area (Å²) in [6.45, 7) is 1.80. The number of carbonyl (C=O) groups is 2. The number of rotatable bonds is 7. The Morgan fingerprint density at radius 3 is 2.42 bits per heavy atom. The molecule has 0 bridgehead atoms. The lowest BCUT2D eigenvalue weighted by molar-refractivity contribution is 0.0600. The molecule has 0 unspecified atom stereocenters. The van der Waals surface area contributed by atoms with Crippen LogP contribution in [-0.4, -0.2) is 32.4 Å². The first kappa shape index (κ1) is 22.0. The van der Waals surface area contributed by atoms with Crippen molar-refractivity contribution in [2.24, 2.45) is 5.73 Å². The Kier molecular flexibility index (Phi) is 6.36. The number of carbonyl (C=O) groups excluding carboxylic acids is 2. The quantitative estimate of drug-likeness (QED) is 0.545. The molecule has 0 atom stereocenters. The Labute approximate surface area is 180 Å². The highest BCUT2D eigenvalue weighted by Gasteiger charge is 2.23. The number of anilines is 1. The number of pyridine rings is 1. The molecule has 9 heteroatoms. The van der Waals surface area contributed by atoms with Crippen molar-refractivity contribution >= 4 is 27.6 Å². The lowest BCUT2D eigenvalue weighted by Crippen LogP contribution is -2.18. The maximum absolute atomic E-state index is 13.3. The minimum atomic E-state index is -4.13. The molecule has 31 heavy (non-hydrogen) atoms. The highest BCUT2D eigenvalue weighted by Crippen LogP contribution is 2.30. The van der Waals surface area contributed by atoms with Gasteiger partial charge < -0.3 is 10.5 Å². The topological polar surface area (TPSA) is 128 Å². The molecule has 1 aromatic heterocycles. The van der Waals surface area contributed by atoms with Gasteiger partial charge in [0.15, 0.2) is 0 Å². The Balaban J connectivity index is 2.14. The van der Waals surface area contributed by atoms with Crippen LogP contribution in [0, 0.1) is 0 Å². The van der Waals surface area contributed by atoms with Gasteiger partial charge in [0.05, 0.1) is 29.0 Å². The van der Waals surface area contributed by atoms with Gasteiger partial charge in [-0.15, -0.1) is 0 Å². The second-order valence-electron chi connectivity index (χ2n) is 6.61. The number of hydrogen-bond acceptors (Lipinski definition) is 6. The first-order valence-corrected chi connectivity index (χ1v) is 10.8. The average Bonchev–Trinajstić information content (AvgIpc) is 2.78. The fourth-order valence-corrected chi connectivity index (χ4v) is 4.48. The SMILES string of the molecule is CCc1ccc(C(=O)OC)cc1S(=O)(=O)Nc1cc(C(N)=O)ccc1-c1ccccn1. The molecule has 1 heterocycles. The van der Waals surface area contributed by atoms with Crippen LogP contribution in [-0.2, 0) is 21.2 Å². The van der Waals surface area contributed by atoms with Crippen LogP contribution in [0.1, 0.15) is 33.2 Å². The van der Waals surface area contributed by atoms with Gasteiger partial charge >= 0.3 is 5.97 Å². The van der Waals surface area contributed by atoms with Crippen molar-refractivity contribution in [1.82, 2.24) is 4.98 Å². The second kappa shape index (κ2) is 8.97. The highest BCUT2D eigenvalue weighted by atomic mass is 32.2. The van der Waals surface area contributed by atoms with Crippen molar-refractivity contribution in [3.05, 3.63) is 77.5 Å². The number of methoxy groups -OCH3 is 1. The third kappa shape index (κ3) is 4.72. The fraction of sp³-hybridized carbons (Fsp3) is 0.136. The summed E-state index contributed by atoms with van der Waals surface area (Å²) in [6.07, 6.45) is 2.00. The zero-order valence-corrected chi connectivity index (χ0v) is 17.8. The summed E-state index contributed by atoms with van der Waals surface area (Å²) >= 11 is 0. The van der Waals surface area contributed by atoms with Gasteiger partial charge in [-0.25, -0.2) is 13.2 Å². The molecule has 160 valence electrons. The Morgan fingerprint density at radius 1 is 1.06 bits per heavy atom. The number of ether oxygens (including phenoxy) is 1. The van der Waals surface area contributed by atoms with Gasteiger partial charge in [-0.3, -0.25) is 14.5 Å². The molecule has 3 N–H and O–H groups in total. The van der Waals surface area contributed by atoms with Crippen molar-refractivity contribution < 1.29 is 22.7 Å². The summed E-state index contributed by atoms with van der Waals surface area (Å²) in [5, 5.41) is 0. The summed E-state index contributed by atoms with van der Waals surface area (Å²) in [5.41, 5.74) is 7.26. The summed E-state index contributed by atoms with van der Waals surface area (Å²) in [4.78, 5) is 27.8. The second-order valence-corrected chi connectivity index (χ2v) is 8.26. The van der Waals surface area contributed by atoms with Gasteiger partial charge in [0.25, 0.3) is 10.0 Å². The monoisotopic (exact) mass is 439 g/mol. The number of nitrogens with one attached hydrogen (secondary N) is 1. The van der Waals surface area contributed by atoms with E-state index in [-0.39, 0.29) is 21.7 Å². The standard InChI is InChI=1S/C22H21N3O5S/c1-3-14-7-8-16(22(27)30-2)13-20(14)31(28,29)25-19-12-15(21(23)26)9-10-17(19)18-6-4-5-11-24-18/h4-13,25H,3H2,1-2H3,(H2,23,26). The number of primary amides is 1. The van der Waals surface area contributed by atoms with Gasteiger partial charge in [0.2, 0.25) is 5.91 Å². The van der Waals surface area contributed by atoms with Crippen molar-refractivity contribution in [2.45, 2.75) is 18.2 Å². The molecule has 0 saturated carbocycles. The zero-order chi connectivity index (χ0) is 22.6. The summed E-state index contributed by atoms with van der Waals surface area (Å²) in [6, 6.07) is 14.0. The van der Waals surface area contributed by atoms with E-state index < -0.39 is 21.9 Å². The molecular weight excluding hydrogens is 418 g/mol. The Hall–Kier alpha value is -3.72. The highest BCUT2D eigenvalue weighted by molar-refractivity contribution is 7.92. The lowest BCUT2D eigenvalue weighted by atomic mass is 10.1. The number of aromatic nitrogens is 1. The van der Waals surface area contributed by atoms with Crippen LogP contribution in [0.4, 0.5) is 5.69 Å². The van der Waals surface area contributed by atoms with Gasteiger partial charge in [-0.1, -0.05) is 19.1 Å². The van der Waals surface area contributed by atoms with Crippen LogP contribution >= 0.6 is 0 Å². The maximum atomic E-state index is 13.3. The van der Waals surface area contributed by atoms with Crippen LogP contribution in [0.3, 0.4) is 0 Å². The first-order valence-electron chi connectivity index (χ1n) is 9.36. The summed E-state index contributed by atoms with van der Waals surface area (Å²) < 4.78 is 33.8. The fourth-order valence-electron chi connectivity index (χ4n) is 3.07. The van der Waals surface area contributed by atoms with E-state index in [9.17, 15) is 18.0 Å². The molecule has 1 amide bonds. The first-order chi connectivity index (χ1) is 14.8. The summed E-state index contributed by atoms with van der Waals surface area (Å²) in [7, 11) is -2.91. The van der Waals surface area contributed by atoms with E-state index in [1.54, 1.807) is 43.5 Å². The third-order valence-electron chi connectivity index (χ3n) is 4.65. The average molecular weight is 439 g/mol. The number of aryl methyl sites for hydroxylation is 1. The number of benzene rings is 2. The Bertz CT molecular complexity index is 1240. The molecule has 8 nitrogen and oxygen atoms in total. The van der Waals surface area contributed by atoms with E-state index in [1.165, 1.54) is 31.4 Å². The zero-order valence-electron chi connectivity index (χ0n) is 17.0. The van der Waals surface area contributed by atoms with Crippen molar-refractivity contribution in [2.75, 3.05) is 11.8 Å². The molecule has 0 spiro atoms. The molecule has 0 aliphatic rings. The molecular formula is C22H21N3O5S. The molecule has 0 radical (unpaired) electrons. The van der Waals surface area contributed by atoms with Crippen LogP contribution < -0.4 is 10.5 Å². The summed E-state index contributed by atoms with van der Waals surface area (Å²) in [5.74, 6) is -1.35. The molecule has 0 aliphatic carbocycles. The largest absolute Gasteiger partial charge is 0.465 e. The van der Waals surface area contributed by atoms with E-state index in [2.05, 4.69) is 9.71 Å². The van der Waals surface area contributed by atoms with Crippen molar-refractivity contribution in [3.8, 4) is 11.3 Å². The van der Waals surface area contributed by atoms with E-state index >= 15 is 0 Å². The van der Waals surface area contributed by atoms with E-state index in [0.29, 0.717) is 23.2 Å². The predicted molar refractivity (Wildman–Crippen MR) is 116 cm³/mol. The normalized spacial score (nSPS) is 11.0. The molecule has 0 fully saturated rings. The minimum absolute atomic E-state index is 0.0608. The molecule has 3 aromatic rings. The number of hydrogen-bond donors (Lipinski definition) is 2. The number of amides is 1. The predicted octanol–water partition coefficient (Wildman–Crippen LogP) is 3.00. The van der Waals surface area contributed by atoms with Crippen LogP contribution in [0.5, 0.6) is 0 Å². The molecule has 0 aliphatic heterocycles.